The molecule has 0 bridgehead atoms. The van der Waals surface area contributed by atoms with E-state index in [9.17, 15) is 4.79 Å². The third-order valence-corrected chi connectivity index (χ3v) is 5.88. The van der Waals surface area contributed by atoms with Crippen LogP contribution in [0.3, 0.4) is 0 Å². The molecule has 0 saturated heterocycles. The molecule has 1 heterocycles. The van der Waals surface area contributed by atoms with Gasteiger partial charge in [-0.05, 0) is 36.8 Å². The molecule has 1 aliphatic heterocycles. The number of fused-ring (bicyclic) bond motifs is 2. The average molecular weight is 354 g/mol. The Hall–Kier alpha value is -1.74. The molecule has 2 aromatic carbocycles. The van der Waals surface area contributed by atoms with E-state index in [1.165, 1.54) is 66.1 Å². The molecule has 0 N–H and O–H groups in total. The third-order valence-electron chi connectivity index (χ3n) is 4.77. The number of rotatable bonds is 9. The third kappa shape index (κ3) is 4.46. The minimum atomic E-state index is 0.751. The van der Waals surface area contributed by atoms with Crippen molar-refractivity contribution in [2.45, 2.75) is 61.7 Å². The van der Waals surface area contributed by atoms with Gasteiger partial charge in [0.2, 0.25) is 0 Å². The van der Waals surface area contributed by atoms with Gasteiger partial charge in [0.25, 0.3) is 0 Å². The van der Waals surface area contributed by atoms with Crippen LogP contribution in [-0.2, 0) is 0 Å². The lowest BCUT2D eigenvalue weighted by Gasteiger charge is -2.33. The lowest BCUT2D eigenvalue weighted by molar-refractivity contribution is 0.112. The summed E-state index contributed by atoms with van der Waals surface area (Å²) in [6, 6.07) is 14.6. The second-order valence-electron chi connectivity index (χ2n) is 6.69. The molecule has 0 unspecified atom stereocenters. The van der Waals surface area contributed by atoms with Crippen molar-refractivity contribution in [1.29, 1.82) is 0 Å². The lowest BCUT2D eigenvalue weighted by Crippen LogP contribution is -2.22. The number of aldehydes is 1. The summed E-state index contributed by atoms with van der Waals surface area (Å²) in [5, 5.41) is 0. The molecule has 0 atom stereocenters. The summed E-state index contributed by atoms with van der Waals surface area (Å²) < 4.78 is 0. The van der Waals surface area contributed by atoms with E-state index >= 15 is 0 Å². The van der Waals surface area contributed by atoms with Crippen molar-refractivity contribution in [3.63, 3.8) is 0 Å². The molecule has 0 spiro atoms. The highest BCUT2D eigenvalue weighted by atomic mass is 32.2. The number of para-hydroxylation sites is 1. The fourth-order valence-electron chi connectivity index (χ4n) is 3.39. The highest BCUT2D eigenvalue weighted by Gasteiger charge is 2.22. The van der Waals surface area contributed by atoms with Gasteiger partial charge in [0.15, 0.2) is 0 Å². The molecule has 25 heavy (non-hydrogen) atoms. The van der Waals surface area contributed by atoms with Gasteiger partial charge in [-0.15, -0.1) is 0 Å². The van der Waals surface area contributed by atoms with Crippen molar-refractivity contribution in [2.75, 3.05) is 11.4 Å². The van der Waals surface area contributed by atoms with E-state index in [1.807, 2.05) is 12.1 Å². The molecule has 0 radical (unpaired) electrons. The Kier molecular flexibility index (Phi) is 6.57. The van der Waals surface area contributed by atoms with E-state index in [-0.39, 0.29) is 0 Å². The summed E-state index contributed by atoms with van der Waals surface area (Å²) in [6.07, 6.45) is 10.2. The van der Waals surface area contributed by atoms with Crippen molar-refractivity contribution in [2.24, 2.45) is 0 Å². The highest BCUT2D eigenvalue weighted by Crippen LogP contribution is 2.48. The van der Waals surface area contributed by atoms with Gasteiger partial charge in [-0.3, -0.25) is 4.79 Å². The number of carbonyl (C=O) groups excluding carboxylic acids is 1. The fraction of sp³-hybridized carbons (Fsp3) is 0.409. The SMILES string of the molecule is CCCCCCCCCN1c2ccccc2Sc2cc(C=O)ccc21. The Morgan fingerprint density at radius 3 is 2.40 bits per heavy atom. The van der Waals surface area contributed by atoms with E-state index in [0.29, 0.717) is 0 Å². The molecule has 1 aliphatic rings. The Morgan fingerprint density at radius 1 is 0.880 bits per heavy atom. The largest absolute Gasteiger partial charge is 0.340 e. The van der Waals surface area contributed by atoms with Crippen LogP contribution in [0.15, 0.2) is 52.3 Å². The van der Waals surface area contributed by atoms with Gasteiger partial charge >= 0.3 is 0 Å². The van der Waals surface area contributed by atoms with Crippen LogP contribution in [0.4, 0.5) is 11.4 Å². The second kappa shape index (κ2) is 9.10. The van der Waals surface area contributed by atoms with E-state index in [0.717, 1.165) is 18.4 Å². The molecule has 0 amide bonds. The maximum Gasteiger partial charge on any atom is 0.150 e. The first-order valence-corrected chi connectivity index (χ1v) is 10.3. The van der Waals surface area contributed by atoms with Crippen molar-refractivity contribution in [3.05, 3.63) is 48.0 Å². The van der Waals surface area contributed by atoms with E-state index in [1.54, 1.807) is 11.8 Å². The number of carbonyl (C=O) groups is 1. The van der Waals surface area contributed by atoms with Crippen LogP contribution in [0, 0.1) is 0 Å². The van der Waals surface area contributed by atoms with Crippen molar-refractivity contribution in [3.8, 4) is 0 Å². The van der Waals surface area contributed by atoms with Crippen molar-refractivity contribution < 1.29 is 4.79 Å². The molecule has 0 aliphatic carbocycles. The summed E-state index contributed by atoms with van der Waals surface area (Å²) in [5.74, 6) is 0. The molecular formula is C22H27NOS. The van der Waals surface area contributed by atoms with Gasteiger partial charge in [-0.2, -0.15) is 0 Å². The van der Waals surface area contributed by atoms with E-state index in [4.69, 9.17) is 0 Å². The highest BCUT2D eigenvalue weighted by molar-refractivity contribution is 7.99. The van der Waals surface area contributed by atoms with Gasteiger partial charge in [0.05, 0.1) is 11.4 Å². The van der Waals surface area contributed by atoms with Crippen LogP contribution in [0.25, 0.3) is 0 Å². The molecule has 0 saturated carbocycles. The summed E-state index contributed by atoms with van der Waals surface area (Å²) >= 11 is 1.77. The summed E-state index contributed by atoms with van der Waals surface area (Å²) in [5.41, 5.74) is 3.28. The van der Waals surface area contributed by atoms with E-state index in [2.05, 4.69) is 42.2 Å². The number of hydrogen-bond acceptors (Lipinski definition) is 3. The summed E-state index contributed by atoms with van der Waals surface area (Å²) in [4.78, 5) is 16.0. The lowest BCUT2D eigenvalue weighted by atomic mass is 10.1. The first-order valence-electron chi connectivity index (χ1n) is 9.47. The molecule has 2 aromatic rings. The normalized spacial score (nSPS) is 12.6. The maximum atomic E-state index is 11.1. The number of unbranched alkanes of at least 4 members (excludes halogenated alkanes) is 6. The van der Waals surface area contributed by atoms with Crippen LogP contribution < -0.4 is 4.90 Å². The zero-order valence-corrected chi connectivity index (χ0v) is 15.9. The Morgan fingerprint density at radius 2 is 1.60 bits per heavy atom. The van der Waals surface area contributed by atoms with Gasteiger partial charge in [-0.1, -0.05) is 69.3 Å². The molecule has 2 nitrogen and oxygen atoms in total. The Labute approximate surface area is 155 Å². The molecule has 0 fully saturated rings. The molecule has 132 valence electrons. The molecule has 3 rings (SSSR count). The zero-order chi connectivity index (χ0) is 17.5. The van der Waals surface area contributed by atoms with Crippen LogP contribution in [-0.4, -0.2) is 12.8 Å². The Bertz CT molecular complexity index is 713. The minimum absolute atomic E-state index is 0.751. The topological polar surface area (TPSA) is 20.3 Å². The predicted octanol–water partition coefficient (Wildman–Crippen LogP) is 6.85. The standard InChI is InChI=1S/C22H27NOS/c1-2-3-4-5-6-7-10-15-23-19-11-8-9-12-21(19)25-22-16-18(17-24)13-14-20(22)23/h8-9,11-14,16-17H,2-7,10,15H2,1H3. The first kappa shape index (κ1) is 18.1. The monoisotopic (exact) mass is 353 g/mol. The summed E-state index contributed by atoms with van der Waals surface area (Å²) in [7, 11) is 0. The zero-order valence-electron chi connectivity index (χ0n) is 15.0. The quantitative estimate of drug-likeness (QED) is 0.363. The minimum Gasteiger partial charge on any atom is -0.340 e. The first-order chi connectivity index (χ1) is 12.3. The maximum absolute atomic E-state index is 11.1. The van der Waals surface area contributed by atoms with Gasteiger partial charge in [0.1, 0.15) is 6.29 Å². The summed E-state index contributed by atoms with van der Waals surface area (Å²) in [6.45, 7) is 3.30. The number of anilines is 2. The molecule has 3 heteroatoms. The van der Waals surface area contributed by atoms with Crippen LogP contribution in [0.5, 0.6) is 0 Å². The second-order valence-corrected chi connectivity index (χ2v) is 7.77. The van der Waals surface area contributed by atoms with Gasteiger partial charge in [-0.25, -0.2) is 0 Å². The predicted molar refractivity (Wildman–Crippen MR) is 107 cm³/mol. The van der Waals surface area contributed by atoms with Crippen molar-refractivity contribution in [1.82, 2.24) is 0 Å². The van der Waals surface area contributed by atoms with Crippen molar-refractivity contribution >= 4 is 29.4 Å². The van der Waals surface area contributed by atoms with Crippen LogP contribution in [0.2, 0.25) is 0 Å². The molecular weight excluding hydrogens is 326 g/mol. The fourth-order valence-corrected chi connectivity index (χ4v) is 4.54. The number of nitrogens with zero attached hydrogens (tertiary/aromatic N) is 1. The number of hydrogen-bond donors (Lipinski definition) is 0. The smallest absolute Gasteiger partial charge is 0.150 e. The van der Waals surface area contributed by atoms with E-state index < -0.39 is 0 Å². The molecule has 0 aromatic heterocycles. The van der Waals surface area contributed by atoms with Crippen LogP contribution in [0.1, 0.15) is 62.2 Å². The number of benzene rings is 2. The average Bonchev–Trinajstić information content (AvgIpc) is 2.66. The van der Waals surface area contributed by atoms with Gasteiger partial charge in [0, 0.05) is 21.9 Å². The Balaban J connectivity index is 1.69. The van der Waals surface area contributed by atoms with Gasteiger partial charge < -0.3 is 4.90 Å². The van der Waals surface area contributed by atoms with Crippen LogP contribution >= 0.6 is 11.8 Å².